The predicted molar refractivity (Wildman–Crippen MR) is 50.1 cm³/mol. The molecule has 0 amide bonds. The van der Waals surface area contributed by atoms with E-state index >= 15 is 0 Å². The quantitative estimate of drug-likeness (QED) is 0.510. The van der Waals surface area contributed by atoms with E-state index in [-0.39, 0.29) is 0 Å². The zero-order valence-corrected chi connectivity index (χ0v) is 9.20. The summed E-state index contributed by atoms with van der Waals surface area (Å²) in [5.41, 5.74) is 0. The number of phosphoric acid groups is 1. The highest BCUT2D eigenvalue weighted by molar-refractivity contribution is 7.46. The molecule has 13 heavy (non-hydrogen) atoms. The van der Waals surface area contributed by atoms with Gasteiger partial charge in [-0.05, 0) is 19.5 Å². The van der Waals surface area contributed by atoms with E-state index in [1.54, 1.807) is 0 Å². The standard InChI is InChI=1S/C7H18NO4P/c1-4-7(8(5-2)6-3)12-13(9,10)11/h7H,4-6H2,1-3H3,(H2,9,10,11). The lowest BCUT2D eigenvalue weighted by atomic mass is 10.3. The second-order valence-electron chi connectivity index (χ2n) is 2.68. The number of rotatable bonds is 6. The SMILES string of the molecule is CCC(OP(=O)(O)O)N(CC)CC. The Balaban J connectivity index is 4.24. The molecule has 2 N–H and O–H groups in total. The third kappa shape index (κ3) is 5.39. The molecule has 0 radical (unpaired) electrons. The van der Waals surface area contributed by atoms with Crippen LogP contribution in [0.1, 0.15) is 27.2 Å². The molecule has 0 aliphatic carbocycles. The van der Waals surface area contributed by atoms with Crippen LogP contribution in [0.4, 0.5) is 0 Å². The summed E-state index contributed by atoms with van der Waals surface area (Å²) in [4.78, 5) is 19.1. The molecule has 0 aromatic heterocycles. The van der Waals surface area contributed by atoms with Crippen LogP contribution in [0.15, 0.2) is 0 Å². The number of hydrogen-bond donors (Lipinski definition) is 2. The van der Waals surface area contributed by atoms with Crippen LogP contribution in [0, 0.1) is 0 Å². The van der Waals surface area contributed by atoms with Gasteiger partial charge in [0.25, 0.3) is 0 Å². The van der Waals surface area contributed by atoms with Gasteiger partial charge < -0.3 is 9.79 Å². The van der Waals surface area contributed by atoms with E-state index in [0.717, 1.165) is 13.1 Å². The average Bonchev–Trinajstić information content (AvgIpc) is 2.02. The number of phosphoric ester groups is 1. The Morgan fingerprint density at radius 1 is 1.31 bits per heavy atom. The average molecular weight is 211 g/mol. The van der Waals surface area contributed by atoms with Gasteiger partial charge in [-0.15, -0.1) is 0 Å². The van der Waals surface area contributed by atoms with Gasteiger partial charge in [0.1, 0.15) is 6.23 Å². The third-order valence-electron chi connectivity index (χ3n) is 1.83. The van der Waals surface area contributed by atoms with Crippen LogP contribution >= 0.6 is 7.82 Å². The van der Waals surface area contributed by atoms with Gasteiger partial charge in [0.2, 0.25) is 0 Å². The number of nitrogens with zero attached hydrogens (tertiary/aromatic N) is 1. The van der Waals surface area contributed by atoms with Gasteiger partial charge in [-0.25, -0.2) is 4.57 Å². The van der Waals surface area contributed by atoms with Gasteiger partial charge in [-0.3, -0.25) is 9.42 Å². The summed E-state index contributed by atoms with van der Waals surface area (Å²) in [6.07, 6.45) is 0.0723. The van der Waals surface area contributed by atoms with Gasteiger partial charge in [-0.2, -0.15) is 0 Å². The third-order valence-corrected chi connectivity index (χ3v) is 2.35. The fourth-order valence-corrected chi connectivity index (χ4v) is 1.79. The molecule has 0 aromatic carbocycles. The molecule has 1 unspecified atom stereocenters. The first-order valence-corrected chi connectivity index (χ1v) is 5.95. The summed E-state index contributed by atoms with van der Waals surface area (Å²) in [7, 11) is -4.36. The minimum Gasteiger partial charge on any atom is -0.303 e. The Hall–Kier alpha value is 0.0700. The summed E-state index contributed by atoms with van der Waals surface area (Å²) >= 11 is 0. The zero-order chi connectivity index (χ0) is 10.5. The zero-order valence-electron chi connectivity index (χ0n) is 8.30. The lowest BCUT2D eigenvalue weighted by molar-refractivity contribution is 0.00669. The van der Waals surface area contributed by atoms with E-state index < -0.39 is 14.1 Å². The van der Waals surface area contributed by atoms with Gasteiger partial charge in [-0.1, -0.05) is 20.8 Å². The summed E-state index contributed by atoms with van der Waals surface area (Å²) < 4.78 is 15.2. The summed E-state index contributed by atoms with van der Waals surface area (Å²) in [6.45, 7) is 7.12. The van der Waals surface area contributed by atoms with Crippen molar-refractivity contribution in [2.75, 3.05) is 13.1 Å². The van der Waals surface area contributed by atoms with Crippen molar-refractivity contribution in [2.45, 2.75) is 33.4 Å². The lowest BCUT2D eigenvalue weighted by Gasteiger charge is -2.28. The summed E-state index contributed by atoms with van der Waals surface area (Å²) in [5.74, 6) is 0. The van der Waals surface area contributed by atoms with Crippen LogP contribution in [0.5, 0.6) is 0 Å². The van der Waals surface area contributed by atoms with Crippen LogP contribution in [0.2, 0.25) is 0 Å². The lowest BCUT2D eigenvalue weighted by Crippen LogP contribution is -2.35. The second kappa shape index (κ2) is 5.73. The van der Waals surface area contributed by atoms with E-state index in [0.29, 0.717) is 6.42 Å². The smallest absolute Gasteiger partial charge is 0.303 e. The highest BCUT2D eigenvalue weighted by Gasteiger charge is 2.24. The maximum absolute atomic E-state index is 10.6. The first-order valence-electron chi connectivity index (χ1n) is 4.42. The fraction of sp³-hybridized carbons (Fsp3) is 1.00. The Bertz CT molecular complexity index is 177. The van der Waals surface area contributed by atoms with Crippen LogP contribution in [-0.2, 0) is 9.09 Å². The molecule has 0 rings (SSSR count). The first-order chi connectivity index (χ1) is 5.94. The minimum absolute atomic E-state index is 0.490. The van der Waals surface area contributed by atoms with Crippen LogP contribution in [0.25, 0.3) is 0 Å². The Morgan fingerprint density at radius 2 is 1.77 bits per heavy atom. The summed E-state index contributed by atoms with van der Waals surface area (Å²) in [5, 5.41) is 0. The molecule has 0 fully saturated rings. The largest absolute Gasteiger partial charge is 0.471 e. The van der Waals surface area contributed by atoms with Gasteiger partial charge in [0.15, 0.2) is 0 Å². The van der Waals surface area contributed by atoms with Crippen molar-refractivity contribution >= 4 is 7.82 Å². The van der Waals surface area contributed by atoms with Crippen LogP contribution in [-0.4, -0.2) is 34.0 Å². The molecule has 0 saturated heterocycles. The molecule has 0 aliphatic heterocycles. The molecule has 0 aliphatic rings. The molecule has 80 valence electrons. The van der Waals surface area contributed by atoms with Crippen LogP contribution < -0.4 is 0 Å². The fourth-order valence-electron chi connectivity index (χ4n) is 1.19. The molecular formula is C7H18NO4P. The molecule has 0 spiro atoms. The molecule has 0 aromatic rings. The van der Waals surface area contributed by atoms with Crippen molar-refractivity contribution in [1.82, 2.24) is 4.90 Å². The topological polar surface area (TPSA) is 70.0 Å². The molecule has 0 bridgehead atoms. The predicted octanol–water partition coefficient (Wildman–Crippen LogP) is 1.17. The highest BCUT2D eigenvalue weighted by Crippen LogP contribution is 2.38. The van der Waals surface area contributed by atoms with E-state index in [1.165, 1.54) is 0 Å². The van der Waals surface area contributed by atoms with E-state index in [9.17, 15) is 4.57 Å². The summed E-state index contributed by atoms with van der Waals surface area (Å²) in [6, 6.07) is 0. The maximum Gasteiger partial charge on any atom is 0.471 e. The Kier molecular flexibility index (Phi) is 5.76. The molecular weight excluding hydrogens is 193 g/mol. The maximum atomic E-state index is 10.6. The van der Waals surface area contributed by atoms with Crippen molar-refractivity contribution in [3.8, 4) is 0 Å². The van der Waals surface area contributed by atoms with E-state index in [4.69, 9.17) is 9.79 Å². The van der Waals surface area contributed by atoms with Crippen molar-refractivity contribution in [3.05, 3.63) is 0 Å². The van der Waals surface area contributed by atoms with Gasteiger partial charge in [0.05, 0.1) is 0 Å². The van der Waals surface area contributed by atoms with E-state index in [2.05, 4.69) is 4.52 Å². The van der Waals surface area contributed by atoms with Crippen molar-refractivity contribution in [2.24, 2.45) is 0 Å². The van der Waals surface area contributed by atoms with Gasteiger partial charge >= 0.3 is 7.82 Å². The second-order valence-corrected chi connectivity index (χ2v) is 3.87. The highest BCUT2D eigenvalue weighted by atomic mass is 31.2. The van der Waals surface area contributed by atoms with E-state index in [1.807, 2.05) is 25.7 Å². The first kappa shape index (κ1) is 13.1. The Morgan fingerprint density at radius 3 is 2.00 bits per heavy atom. The van der Waals surface area contributed by atoms with Crippen molar-refractivity contribution in [1.29, 1.82) is 0 Å². The van der Waals surface area contributed by atoms with Crippen LogP contribution in [0.3, 0.4) is 0 Å². The molecule has 5 nitrogen and oxygen atoms in total. The van der Waals surface area contributed by atoms with Crippen molar-refractivity contribution < 1.29 is 18.9 Å². The van der Waals surface area contributed by atoms with Gasteiger partial charge in [0, 0.05) is 0 Å². The molecule has 6 heteroatoms. The molecule has 0 heterocycles. The Labute approximate surface area is 78.9 Å². The number of hydrogen-bond acceptors (Lipinski definition) is 3. The minimum atomic E-state index is -4.36. The molecule has 1 atom stereocenters. The monoisotopic (exact) mass is 211 g/mol. The van der Waals surface area contributed by atoms with Crippen molar-refractivity contribution in [3.63, 3.8) is 0 Å². The normalized spacial score (nSPS) is 14.9. The molecule has 0 saturated carbocycles.